The number of esters is 1. The van der Waals surface area contributed by atoms with E-state index in [-0.39, 0.29) is 19.6 Å². The summed E-state index contributed by atoms with van der Waals surface area (Å²) < 4.78 is 33.2. The van der Waals surface area contributed by atoms with Crippen molar-refractivity contribution in [2.24, 2.45) is 0 Å². The minimum Gasteiger partial charge on any atom is -0.457 e. The van der Waals surface area contributed by atoms with Crippen LogP contribution in [-0.4, -0.2) is 66.3 Å². The number of hydrogen-bond acceptors (Lipinski definition) is 8. The van der Waals surface area contributed by atoms with Gasteiger partial charge in [0.2, 0.25) is 0 Å². The maximum atomic E-state index is 12.5. The van der Waals surface area contributed by atoms with Gasteiger partial charge in [0.15, 0.2) is 0 Å². The third-order valence-corrected chi connectivity index (χ3v) is 8.81. The van der Waals surface area contributed by atoms with E-state index in [0.29, 0.717) is 6.61 Å². The van der Waals surface area contributed by atoms with E-state index in [0.717, 1.165) is 64.2 Å². The van der Waals surface area contributed by atoms with Crippen LogP contribution in [0.5, 0.6) is 0 Å². The number of ether oxygens (including phenoxy) is 2. The molecule has 0 saturated carbocycles. The molecule has 0 radical (unpaired) electrons. The molecule has 0 spiro atoms. The quantitative estimate of drug-likeness (QED) is 0.0254. The number of allylic oxidation sites excluding steroid dienone is 4. The summed E-state index contributed by atoms with van der Waals surface area (Å²) in [5, 5.41) is 18.3. The van der Waals surface area contributed by atoms with Gasteiger partial charge in [0.25, 0.3) is 0 Å². The molecule has 9 nitrogen and oxygen atoms in total. The van der Waals surface area contributed by atoms with Crippen molar-refractivity contribution in [3.05, 3.63) is 24.3 Å². The van der Waals surface area contributed by atoms with E-state index in [1.807, 2.05) is 0 Å². The van der Waals surface area contributed by atoms with Crippen molar-refractivity contribution >= 4 is 13.8 Å². The van der Waals surface area contributed by atoms with E-state index in [1.165, 1.54) is 77.0 Å². The molecule has 0 aliphatic heterocycles. The summed E-state index contributed by atoms with van der Waals surface area (Å²) in [6.45, 7) is 3.44. The number of aliphatic hydroxyl groups is 2. The molecule has 10 heteroatoms. The van der Waals surface area contributed by atoms with Crippen LogP contribution in [0.3, 0.4) is 0 Å². The van der Waals surface area contributed by atoms with E-state index >= 15 is 0 Å². The monoisotopic (exact) mass is 690 g/mol. The van der Waals surface area contributed by atoms with Crippen molar-refractivity contribution in [2.45, 2.75) is 174 Å². The summed E-state index contributed by atoms with van der Waals surface area (Å²) in [7, 11) is -4.51. The van der Waals surface area contributed by atoms with Crippen LogP contribution in [0, 0.1) is 0 Å². The fourth-order valence-corrected chi connectivity index (χ4v) is 5.71. The van der Waals surface area contributed by atoms with Gasteiger partial charge < -0.3 is 24.6 Å². The van der Waals surface area contributed by atoms with E-state index < -0.39 is 39.2 Å². The predicted octanol–water partition coefficient (Wildman–Crippen LogP) is 9.53. The first-order chi connectivity index (χ1) is 22.8. The van der Waals surface area contributed by atoms with Crippen LogP contribution in [-0.2, 0) is 27.9 Å². The molecule has 0 rings (SSSR count). The second-order valence-corrected chi connectivity index (χ2v) is 14.0. The van der Waals surface area contributed by atoms with Crippen molar-refractivity contribution in [1.29, 1.82) is 0 Å². The molecular formula is C37H71O9P. The molecule has 0 fully saturated rings. The highest BCUT2D eigenvalue weighted by Gasteiger charge is 2.26. The van der Waals surface area contributed by atoms with E-state index in [4.69, 9.17) is 23.6 Å². The Balaban J connectivity index is 4.26. The van der Waals surface area contributed by atoms with Gasteiger partial charge in [0.05, 0.1) is 26.4 Å². The molecule has 0 aromatic carbocycles. The first-order valence-corrected chi connectivity index (χ1v) is 20.3. The third-order valence-electron chi connectivity index (χ3n) is 7.86. The standard InChI is InChI=1S/C37H71O9P/c1-3-5-7-9-11-13-15-17-18-19-21-23-25-27-29-37(40)46-36(34-45-47(41,42)44-32-35(39)31-38)33-43-30-28-26-24-22-20-16-14-12-10-8-6-4-2/h10,12,15,17,35-36,38-39H,3-9,11,13-14,16,18-34H2,1-2H3,(H,41,42)/b12-10-,17-15-. The molecule has 0 aromatic heterocycles. The SMILES string of the molecule is CCCC/C=C\CCCCCCCCOCC(COP(=O)(O)OCC(O)CO)OC(=O)CCCCCCC/C=C\CCCCCCC. The normalized spacial score (nSPS) is 14.6. The molecule has 278 valence electrons. The minimum absolute atomic E-state index is 0.0433. The van der Waals surface area contributed by atoms with Crippen LogP contribution < -0.4 is 0 Å². The number of unbranched alkanes of at least 4 members (excludes halogenated alkanes) is 18. The molecule has 0 bridgehead atoms. The minimum atomic E-state index is -4.51. The Morgan fingerprint density at radius 1 is 0.638 bits per heavy atom. The highest BCUT2D eigenvalue weighted by Crippen LogP contribution is 2.43. The number of carbonyl (C=O) groups excluding carboxylic acids is 1. The van der Waals surface area contributed by atoms with Gasteiger partial charge in [-0.15, -0.1) is 0 Å². The zero-order valence-corrected chi connectivity index (χ0v) is 30.9. The van der Waals surface area contributed by atoms with Crippen molar-refractivity contribution < 1.29 is 43.0 Å². The number of rotatable bonds is 36. The number of carbonyl (C=O) groups is 1. The molecule has 3 atom stereocenters. The zero-order chi connectivity index (χ0) is 34.7. The summed E-state index contributed by atoms with van der Waals surface area (Å²) in [5.41, 5.74) is 0. The fraction of sp³-hybridized carbons (Fsp3) is 0.865. The Kier molecular flexibility index (Phi) is 34.0. The van der Waals surface area contributed by atoms with Gasteiger partial charge in [-0.1, -0.05) is 122 Å². The first kappa shape index (κ1) is 45.9. The Morgan fingerprint density at radius 2 is 1.11 bits per heavy atom. The van der Waals surface area contributed by atoms with Crippen molar-refractivity contribution in [3.63, 3.8) is 0 Å². The summed E-state index contributed by atoms with van der Waals surface area (Å²) in [5.74, 6) is -0.395. The van der Waals surface area contributed by atoms with Gasteiger partial charge >= 0.3 is 13.8 Å². The van der Waals surface area contributed by atoms with Gasteiger partial charge in [0, 0.05) is 13.0 Å². The van der Waals surface area contributed by atoms with Gasteiger partial charge in [-0.2, -0.15) is 0 Å². The van der Waals surface area contributed by atoms with Crippen LogP contribution >= 0.6 is 7.82 Å². The Morgan fingerprint density at radius 3 is 1.66 bits per heavy atom. The molecule has 0 aromatic rings. The summed E-state index contributed by atoms with van der Waals surface area (Å²) >= 11 is 0. The third kappa shape index (κ3) is 34.6. The second kappa shape index (κ2) is 34.8. The smallest absolute Gasteiger partial charge is 0.457 e. The topological polar surface area (TPSA) is 132 Å². The lowest BCUT2D eigenvalue weighted by Crippen LogP contribution is -2.29. The van der Waals surface area contributed by atoms with Gasteiger partial charge in [-0.05, 0) is 57.8 Å². The second-order valence-electron chi connectivity index (χ2n) is 12.6. The fourth-order valence-electron chi connectivity index (χ4n) is 4.92. The number of hydrogen-bond donors (Lipinski definition) is 3. The van der Waals surface area contributed by atoms with Crippen LogP contribution in [0.2, 0.25) is 0 Å². The van der Waals surface area contributed by atoms with E-state index in [1.54, 1.807) is 0 Å². The Hall–Kier alpha value is -1.06. The predicted molar refractivity (Wildman–Crippen MR) is 191 cm³/mol. The molecular weight excluding hydrogens is 619 g/mol. The molecule has 3 N–H and O–H groups in total. The molecule has 0 saturated heterocycles. The average molecular weight is 691 g/mol. The summed E-state index contributed by atoms with van der Waals surface area (Å²) in [4.78, 5) is 22.4. The highest BCUT2D eigenvalue weighted by atomic mass is 31.2. The van der Waals surface area contributed by atoms with Crippen LogP contribution in [0.4, 0.5) is 0 Å². The molecule has 0 amide bonds. The van der Waals surface area contributed by atoms with Gasteiger partial charge in [0.1, 0.15) is 12.2 Å². The Bertz CT molecular complexity index is 790. The molecule has 47 heavy (non-hydrogen) atoms. The van der Waals surface area contributed by atoms with Crippen LogP contribution in [0.1, 0.15) is 162 Å². The van der Waals surface area contributed by atoms with Crippen LogP contribution in [0.25, 0.3) is 0 Å². The van der Waals surface area contributed by atoms with E-state index in [9.17, 15) is 19.4 Å². The van der Waals surface area contributed by atoms with Crippen molar-refractivity contribution in [3.8, 4) is 0 Å². The zero-order valence-electron chi connectivity index (χ0n) is 30.0. The summed E-state index contributed by atoms with van der Waals surface area (Å²) in [6.07, 6.45) is 32.7. The lowest BCUT2D eigenvalue weighted by molar-refractivity contribution is -0.154. The van der Waals surface area contributed by atoms with Gasteiger partial charge in [-0.3, -0.25) is 13.8 Å². The van der Waals surface area contributed by atoms with Gasteiger partial charge in [-0.25, -0.2) is 4.57 Å². The lowest BCUT2D eigenvalue weighted by Gasteiger charge is -2.20. The number of phosphoric acid groups is 1. The number of phosphoric ester groups is 1. The average Bonchev–Trinajstić information content (AvgIpc) is 3.06. The largest absolute Gasteiger partial charge is 0.472 e. The van der Waals surface area contributed by atoms with Crippen molar-refractivity contribution in [2.75, 3.05) is 33.0 Å². The summed E-state index contributed by atoms with van der Waals surface area (Å²) in [6, 6.07) is 0. The Labute approximate surface area is 287 Å². The molecule has 0 heterocycles. The maximum Gasteiger partial charge on any atom is 0.472 e. The molecule has 3 unspecified atom stereocenters. The molecule has 0 aliphatic rings. The number of aliphatic hydroxyl groups excluding tert-OH is 2. The van der Waals surface area contributed by atoms with Crippen LogP contribution in [0.15, 0.2) is 24.3 Å². The highest BCUT2D eigenvalue weighted by molar-refractivity contribution is 7.47. The van der Waals surface area contributed by atoms with E-state index in [2.05, 4.69) is 38.2 Å². The molecule has 0 aliphatic carbocycles. The van der Waals surface area contributed by atoms with Crippen molar-refractivity contribution in [1.82, 2.24) is 0 Å². The first-order valence-electron chi connectivity index (χ1n) is 18.8. The lowest BCUT2D eigenvalue weighted by atomic mass is 10.1. The maximum absolute atomic E-state index is 12.5.